The van der Waals surface area contributed by atoms with E-state index in [9.17, 15) is 9.59 Å². The summed E-state index contributed by atoms with van der Waals surface area (Å²) < 4.78 is 0. The second kappa shape index (κ2) is 6.16. The van der Waals surface area contributed by atoms with Crippen molar-refractivity contribution in [2.45, 2.75) is 26.3 Å². The van der Waals surface area contributed by atoms with Crippen LogP contribution in [0, 0.1) is 13.8 Å². The van der Waals surface area contributed by atoms with E-state index in [1.165, 1.54) is 0 Å². The monoisotopic (exact) mass is 251 g/mol. The van der Waals surface area contributed by atoms with Crippen LogP contribution < -0.4 is 5.32 Å². The zero-order valence-corrected chi connectivity index (χ0v) is 10.4. The SMILES string of the molecule is Cc1cccc(C(=O)N[C@@H](CCO)C(=O)O)c1C. The molecule has 3 N–H and O–H groups in total. The number of hydrogen-bond acceptors (Lipinski definition) is 3. The molecule has 0 saturated heterocycles. The number of carboxylic acid groups (broad SMARTS) is 1. The Labute approximate surface area is 105 Å². The molecule has 0 unspecified atom stereocenters. The minimum absolute atomic E-state index is 0.00800. The van der Waals surface area contributed by atoms with Gasteiger partial charge in [0.1, 0.15) is 6.04 Å². The van der Waals surface area contributed by atoms with E-state index in [1.807, 2.05) is 19.9 Å². The summed E-state index contributed by atoms with van der Waals surface area (Å²) in [5.74, 6) is -1.58. The number of aliphatic carboxylic acids is 1. The van der Waals surface area contributed by atoms with Gasteiger partial charge in [-0.1, -0.05) is 12.1 Å². The summed E-state index contributed by atoms with van der Waals surface area (Å²) in [4.78, 5) is 22.8. The van der Waals surface area contributed by atoms with Crippen molar-refractivity contribution in [2.24, 2.45) is 0 Å². The Morgan fingerprint density at radius 3 is 2.56 bits per heavy atom. The van der Waals surface area contributed by atoms with Gasteiger partial charge in [0.05, 0.1) is 0 Å². The molecular formula is C13H17NO4. The largest absolute Gasteiger partial charge is 0.480 e. The molecule has 0 aliphatic rings. The molecule has 0 aliphatic heterocycles. The Balaban J connectivity index is 2.87. The Kier molecular flexibility index (Phi) is 4.85. The topological polar surface area (TPSA) is 86.6 Å². The van der Waals surface area contributed by atoms with E-state index in [1.54, 1.807) is 12.1 Å². The minimum Gasteiger partial charge on any atom is -0.480 e. The lowest BCUT2D eigenvalue weighted by Gasteiger charge is -2.15. The van der Waals surface area contributed by atoms with E-state index in [4.69, 9.17) is 10.2 Å². The van der Waals surface area contributed by atoms with E-state index in [0.717, 1.165) is 11.1 Å². The van der Waals surface area contributed by atoms with E-state index in [0.29, 0.717) is 5.56 Å². The van der Waals surface area contributed by atoms with Crippen molar-refractivity contribution in [2.75, 3.05) is 6.61 Å². The lowest BCUT2D eigenvalue weighted by Crippen LogP contribution is -2.41. The fourth-order valence-electron chi connectivity index (χ4n) is 1.62. The summed E-state index contributed by atoms with van der Waals surface area (Å²) in [5, 5.41) is 20.1. The number of carboxylic acids is 1. The van der Waals surface area contributed by atoms with Crippen molar-refractivity contribution in [1.82, 2.24) is 5.32 Å². The molecule has 1 aromatic carbocycles. The molecule has 1 rings (SSSR count). The molecule has 0 fully saturated rings. The summed E-state index contributed by atoms with van der Waals surface area (Å²) in [7, 11) is 0. The average Bonchev–Trinajstić information content (AvgIpc) is 2.31. The van der Waals surface area contributed by atoms with Gasteiger partial charge in [0.2, 0.25) is 0 Å². The fourth-order valence-corrected chi connectivity index (χ4v) is 1.62. The third-order valence-corrected chi connectivity index (χ3v) is 2.87. The predicted molar refractivity (Wildman–Crippen MR) is 66.5 cm³/mol. The van der Waals surface area contributed by atoms with Gasteiger partial charge < -0.3 is 15.5 Å². The molecule has 1 atom stereocenters. The smallest absolute Gasteiger partial charge is 0.326 e. The summed E-state index contributed by atoms with van der Waals surface area (Å²) in [5.41, 5.74) is 2.25. The highest BCUT2D eigenvalue weighted by atomic mass is 16.4. The van der Waals surface area contributed by atoms with E-state index < -0.39 is 17.9 Å². The van der Waals surface area contributed by atoms with Crippen LogP contribution in [0.5, 0.6) is 0 Å². The van der Waals surface area contributed by atoms with Gasteiger partial charge in [-0.05, 0) is 31.0 Å². The van der Waals surface area contributed by atoms with Gasteiger partial charge in [-0.25, -0.2) is 4.79 Å². The number of aliphatic hydroxyl groups is 1. The van der Waals surface area contributed by atoms with Crippen LogP contribution >= 0.6 is 0 Å². The number of benzene rings is 1. The zero-order chi connectivity index (χ0) is 13.7. The number of carbonyl (C=O) groups is 2. The first-order chi connectivity index (χ1) is 8.47. The van der Waals surface area contributed by atoms with Crippen molar-refractivity contribution >= 4 is 11.9 Å². The highest BCUT2D eigenvalue weighted by Crippen LogP contribution is 2.12. The highest BCUT2D eigenvalue weighted by Gasteiger charge is 2.20. The molecule has 98 valence electrons. The van der Waals surface area contributed by atoms with Crippen LogP contribution in [0.15, 0.2) is 18.2 Å². The first kappa shape index (κ1) is 14.2. The molecule has 0 bridgehead atoms. The van der Waals surface area contributed by atoms with E-state index in [-0.39, 0.29) is 13.0 Å². The third-order valence-electron chi connectivity index (χ3n) is 2.87. The summed E-state index contributed by atoms with van der Waals surface area (Å²) in [6, 6.07) is 4.21. The standard InChI is InChI=1S/C13H17NO4/c1-8-4-3-5-10(9(8)2)12(16)14-11(6-7-15)13(17)18/h3-5,11,15H,6-7H2,1-2H3,(H,14,16)(H,17,18)/t11-/m0/s1. The fraction of sp³-hybridized carbons (Fsp3) is 0.385. The molecular weight excluding hydrogens is 234 g/mol. The van der Waals surface area contributed by atoms with Crippen molar-refractivity contribution < 1.29 is 19.8 Å². The maximum absolute atomic E-state index is 12.0. The number of aliphatic hydroxyl groups excluding tert-OH is 1. The molecule has 1 aromatic rings. The van der Waals surface area contributed by atoms with Gasteiger partial charge in [-0.2, -0.15) is 0 Å². The van der Waals surface area contributed by atoms with Gasteiger partial charge in [0.15, 0.2) is 0 Å². The molecule has 0 aliphatic carbocycles. The van der Waals surface area contributed by atoms with Gasteiger partial charge in [0.25, 0.3) is 5.91 Å². The molecule has 0 heterocycles. The molecule has 0 radical (unpaired) electrons. The van der Waals surface area contributed by atoms with Gasteiger partial charge in [0, 0.05) is 18.6 Å². The minimum atomic E-state index is -1.15. The summed E-state index contributed by atoms with van der Waals surface area (Å²) >= 11 is 0. The van der Waals surface area contributed by atoms with Crippen molar-refractivity contribution in [3.63, 3.8) is 0 Å². The first-order valence-corrected chi connectivity index (χ1v) is 5.68. The highest BCUT2D eigenvalue weighted by molar-refractivity contribution is 5.98. The molecule has 5 heteroatoms. The normalized spacial score (nSPS) is 11.9. The van der Waals surface area contributed by atoms with Crippen LogP contribution in [0.2, 0.25) is 0 Å². The maximum atomic E-state index is 12.0. The molecule has 18 heavy (non-hydrogen) atoms. The number of amides is 1. The first-order valence-electron chi connectivity index (χ1n) is 5.68. The molecule has 0 spiro atoms. The summed E-state index contributed by atoms with van der Waals surface area (Å²) in [6.45, 7) is 3.41. The number of nitrogens with one attached hydrogen (secondary N) is 1. The van der Waals surface area contributed by atoms with Gasteiger partial charge >= 0.3 is 5.97 Å². The third kappa shape index (κ3) is 3.30. The summed E-state index contributed by atoms with van der Waals surface area (Å²) in [6.07, 6.45) is -0.00800. The molecule has 1 amide bonds. The maximum Gasteiger partial charge on any atom is 0.326 e. The number of aryl methyl sites for hydroxylation is 1. The lowest BCUT2D eigenvalue weighted by atomic mass is 10.0. The van der Waals surface area contributed by atoms with Crippen LogP contribution in [0.3, 0.4) is 0 Å². The zero-order valence-electron chi connectivity index (χ0n) is 10.4. The quantitative estimate of drug-likeness (QED) is 0.724. The van der Waals surface area contributed by atoms with Gasteiger partial charge in [-0.3, -0.25) is 4.79 Å². The van der Waals surface area contributed by atoms with Crippen LogP contribution in [0.25, 0.3) is 0 Å². The Bertz CT molecular complexity index is 456. The van der Waals surface area contributed by atoms with Crippen LogP contribution in [0.1, 0.15) is 27.9 Å². The second-order valence-corrected chi connectivity index (χ2v) is 4.12. The average molecular weight is 251 g/mol. The predicted octanol–water partition coefficient (Wildman–Crippen LogP) is 0.869. The number of carbonyl (C=O) groups excluding carboxylic acids is 1. The second-order valence-electron chi connectivity index (χ2n) is 4.12. The van der Waals surface area contributed by atoms with Crippen LogP contribution in [0.4, 0.5) is 0 Å². The molecule has 5 nitrogen and oxygen atoms in total. The van der Waals surface area contributed by atoms with Crippen LogP contribution in [-0.4, -0.2) is 34.7 Å². The Morgan fingerprint density at radius 1 is 1.33 bits per heavy atom. The van der Waals surface area contributed by atoms with Gasteiger partial charge in [-0.15, -0.1) is 0 Å². The lowest BCUT2D eigenvalue weighted by molar-refractivity contribution is -0.139. The number of rotatable bonds is 5. The van der Waals surface area contributed by atoms with Crippen molar-refractivity contribution in [3.05, 3.63) is 34.9 Å². The van der Waals surface area contributed by atoms with Crippen LogP contribution in [-0.2, 0) is 4.79 Å². The number of hydrogen-bond donors (Lipinski definition) is 3. The molecule has 0 aromatic heterocycles. The van der Waals surface area contributed by atoms with E-state index >= 15 is 0 Å². The Morgan fingerprint density at radius 2 is 2.00 bits per heavy atom. The Hall–Kier alpha value is -1.88. The molecule has 0 saturated carbocycles. The van der Waals surface area contributed by atoms with E-state index in [2.05, 4.69) is 5.32 Å². The van der Waals surface area contributed by atoms with Crippen molar-refractivity contribution in [3.8, 4) is 0 Å². The van der Waals surface area contributed by atoms with Crippen molar-refractivity contribution in [1.29, 1.82) is 0 Å².